The van der Waals surface area contributed by atoms with Crippen LogP contribution in [0.15, 0.2) is 78.9 Å². The van der Waals surface area contributed by atoms with Gasteiger partial charge < -0.3 is 10.4 Å². The van der Waals surface area contributed by atoms with Gasteiger partial charge in [0.1, 0.15) is 6.54 Å². The Labute approximate surface area is 175 Å². The number of carbonyl (C=O) groups is 2. The summed E-state index contributed by atoms with van der Waals surface area (Å²) in [5.41, 5.74) is -1.86. The molecule has 31 heavy (non-hydrogen) atoms. The molecule has 1 aliphatic rings. The molecule has 0 fully saturated rings. The average Bonchev–Trinajstić information content (AvgIpc) is 2.97. The molecule has 0 radical (unpaired) electrons. The number of nitrogens with zero attached hydrogens (tertiary/aromatic N) is 1. The van der Waals surface area contributed by atoms with Crippen molar-refractivity contribution in [1.82, 2.24) is 0 Å². The van der Waals surface area contributed by atoms with Crippen LogP contribution in [0.25, 0.3) is 0 Å². The number of para-hydroxylation sites is 1. The molecule has 4 rings (SSSR count). The average molecular weight is 426 g/mol. The van der Waals surface area contributed by atoms with Gasteiger partial charge in [0.15, 0.2) is 5.60 Å². The summed E-state index contributed by atoms with van der Waals surface area (Å²) >= 11 is 0. The van der Waals surface area contributed by atoms with E-state index < -0.39 is 35.7 Å². The highest BCUT2D eigenvalue weighted by Gasteiger charge is 2.51. The largest absolute Gasteiger partial charge is 0.416 e. The third-order valence-electron chi connectivity index (χ3n) is 5.11. The molecule has 5 nitrogen and oxygen atoms in total. The van der Waals surface area contributed by atoms with Crippen LogP contribution in [-0.2, 0) is 21.4 Å². The first-order valence-corrected chi connectivity index (χ1v) is 9.38. The second-order valence-electron chi connectivity index (χ2n) is 7.11. The monoisotopic (exact) mass is 426 g/mol. The molecule has 3 aromatic rings. The van der Waals surface area contributed by atoms with Crippen molar-refractivity contribution in [2.45, 2.75) is 11.8 Å². The fourth-order valence-corrected chi connectivity index (χ4v) is 3.67. The lowest BCUT2D eigenvalue weighted by molar-refractivity contribution is -0.137. The fourth-order valence-electron chi connectivity index (χ4n) is 3.67. The van der Waals surface area contributed by atoms with Gasteiger partial charge in [-0.2, -0.15) is 13.2 Å². The Balaban J connectivity index is 1.61. The maximum atomic E-state index is 13.2. The number of hydrogen-bond donors (Lipinski definition) is 2. The maximum Gasteiger partial charge on any atom is 0.416 e. The van der Waals surface area contributed by atoms with E-state index in [1.165, 1.54) is 12.1 Å². The number of nitrogens with one attached hydrogen (secondary N) is 1. The number of carbonyl (C=O) groups excluding carboxylic acids is 2. The third kappa shape index (κ3) is 3.66. The first kappa shape index (κ1) is 20.6. The highest BCUT2D eigenvalue weighted by molar-refractivity contribution is 6.12. The van der Waals surface area contributed by atoms with Gasteiger partial charge in [0.05, 0.1) is 11.3 Å². The van der Waals surface area contributed by atoms with Crippen molar-refractivity contribution in [3.63, 3.8) is 0 Å². The van der Waals surface area contributed by atoms with Gasteiger partial charge >= 0.3 is 6.18 Å². The predicted octanol–water partition coefficient (Wildman–Crippen LogP) is 3.93. The van der Waals surface area contributed by atoms with E-state index >= 15 is 0 Å². The number of rotatable bonds is 4. The molecule has 1 atom stereocenters. The van der Waals surface area contributed by atoms with Crippen LogP contribution in [0.1, 0.15) is 16.7 Å². The Morgan fingerprint density at radius 2 is 1.65 bits per heavy atom. The van der Waals surface area contributed by atoms with Crippen molar-refractivity contribution < 1.29 is 27.9 Å². The van der Waals surface area contributed by atoms with Crippen LogP contribution in [0, 0.1) is 0 Å². The Hall–Kier alpha value is -3.65. The Morgan fingerprint density at radius 1 is 0.968 bits per heavy atom. The lowest BCUT2D eigenvalue weighted by atomic mass is 9.88. The van der Waals surface area contributed by atoms with Crippen LogP contribution in [0.5, 0.6) is 0 Å². The van der Waals surface area contributed by atoms with Gasteiger partial charge in [-0.05, 0) is 29.8 Å². The minimum Gasteiger partial charge on any atom is -0.372 e. The molecule has 0 saturated heterocycles. The molecule has 0 saturated carbocycles. The van der Waals surface area contributed by atoms with E-state index in [4.69, 9.17) is 0 Å². The lowest BCUT2D eigenvalue weighted by Gasteiger charge is -2.23. The molecule has 1 aliphatic heterocycles. The molecular weight excluding hydrogens is 409 g/mol. The van der Waals surface area contributed by atoms with Crippen molar-refractivity contribution in [3.8, 4) is 0 Å². The van der Waals surface area contributed by atoms with Crippen LogP contribution in [0.2, 0.25) is 0 Å². The van der Waals surface area contributed by atoms with Gasteiger partial charge in [0, 0.05) is 11.3 Å². The van der Waals surface area contributed by atoms with E-state index in [-0.39, 0.29) is 5.69 Å². The summed E-state index contributed by atoms with van der Waals surface area (Å²) in [6.45, 7) is -0.471. The second-order valence-corrected chi connectivity index (χ2v) is 7.11. The first-order chi connectivity index (χ1) is 14.7. The molecule has 2 N–H and O–H groups in total. The highest BCUT2D eigenvalue weighted by Crippen LogP contribution is 2.44. The van der Waals surface area contributed by atoms with Gasteiger partial charge in [0.25, 0.3) is 5.91 Å². The standard InChI is InChI=1S/C23H17F3N2O3/c24-23(25,26)16-9-6-10-17(13-16)27-20(29)14-28-19-12-5-4-11-18(19)22(31,21(28)30)15-7-2-1-3-8-15/h1-13,31H,14H2,(H,27,29). The van der Waals surface area contributed by atoms with Crippen LogP contribution >= 0.6 is 0 Å². The number of anilines is 2. The summed E-state index contributed by atoms with van der Waals surface area (Å²) in [6.07, 6.45) is -4.54. The Kier molecular flexibility index (Phi) is 5.02. The van der Waals surface area contributed by atoms with Gasteiger partial charge in [-0.15, -0.1) is 0 Å². The summed E-state index contributed by atoms with van der Waals surface area (Å²) in [5.74, 6) is -1.40. The van der Waals surface area contributed by atoms with Crippen LogP contribution in [0.4, 0.5) is 24.5 Å². The minimum absolute atomic E-state index is 0.0434. The van der Waals surface area contributed by atoms with Gasteiger partial charge in [-0.25, -0.2) is 0 Å². The molecule has 0 bridgehead atoms. The number of benzene rings is 3. The summed E-state index contributed by atoms with van der Waals surface area (Å²) in [5, 5.41) is 13.7. The molecule has 158 valence electrons. The van der Waals surface area contributed by atoms with Gasteiger partial charge in [-0.3, -0.25) is 14.5 Å². The van der Waals surface area contributed by atoms with E-state index in [1.807, 2.05) is 0 Å². The number of fused-ring (bicyclic) bond motifs is 1. The molecular formula is C23H17F3N2O3. The van der Waals surface area contributed by atoms with Crippen molar-refractivity contribution in [2.24, 2.45) is 0 Å². The molecule has 1 unspecified atom stereocenters. The zero-order valence-electron chi connectivity index (χ0n) is 16.1. The summed E-state index contributed by atoms with van der Waals surface area (Å²) in [6, 6.07) is 19.1. The number of aliphatic hydroxyl groups is 1. The molecule has 0 aliphatic carbocycles. The van der Waals surface area contributed by atoms with E-state index in [0.717, 1.165) is 17.0 Å². The van der Waals surface area contributed by atoms with Crippen LogP contribution in [-0.4, -0.2) is 23.5 Å². The van der Waals surface area contributed by atoms with E-state index in [1.54, 1.807) is 54.6 Å². The molecule has 2 amide bonds. The third-order valence-corrected chi connectivity index (χ3v) is 5.11. The molecule has 3 aromatic carbocycles. The van der Waals surface area contributed by atoms with Gasteiger partial charge in [0.2, 0.25) is 5.91 Å². The fraction of sp³-hybridized carbons (Fsp3) is 0.130. The molecule has 0 aromatic heterocycles. The number of hydrogen-bond acceptors (Lipinski definition) is 3. The number of amides is 2. The van der Waals surface area contributed by atoms with Crippen molar-refractivity contribution in [1.29, 1.82) is 0 Å². The quantitative estimate of drug-likeness (QED) is 0.664. The lowest BCUT2D eigenvalue weighted by Crippen LogP contribution is -2.44. The zero-order chi connectivity index (χ0) is 22.2. The summed E-state index contributed by atoms with van der Waals surface area (Å²) < 4.78 is 38.7. The van der Waals surface area contributed by atoms with Crippen LogP contribution < -0.4 is 10.2 Å². The molecule has 8 heteroatoms. The SMILES string of the molecule is O=C(CN1C(=O)C(O)(c2ccccc2)c2ccccc21)Nc1cccc(C(F)(F)F)c1. The summed E-state index contributed by atoms with van der Waals surface area (Å²) in [4.78, 5) is 26.9. The molecule has 0 spiro atoms. The number of halogens is 3. The molecule has 1 heterocycles. The smallest absolute Gasteiger partial charge is 0.372 e. The topological polar surface area (TPSA) is 69.6 Å². The van der Waals surface area contributed by atoms with Crippen molar-refractivity contribution >= 4 is 23.2 Å². The van der Waals surface area contributed by atoms with Crippen molar-refractivity contribution in [2.75, 3.05) is 16.8 Å². The minimum atomic E-state index is -4.54. The van der Waals surface area contributed by atoms with E-state index in [9.17, 15) is 27.9 Å². The van der Waals surface area contributed by atoms with Crippen molar-refractivity contribution in [3.05, 3.63) is 95.6 Å². The Bertz CT molecular complexity index is 1150. The Morgan fingerprint density at radius 3 is 2.35 bits per heavy atom. The van der Waals surface area contributed by atoms with E-state index in [0.29, 0.717) is 16.8 Å². The first-order valence-electron chi connectivity index (χ1n) is 9.38. The zero-order valence-corrected chi connectivity index (χ0v) is 16.1. The predicted molar refractivity (Wildman–Crippen MR) is 108 cm³/mol. The normalized spacial score (nSPS) is 18.1. The maximum absolute atomic E-state index is 13.2. The van der Waals surface area contributed by atoms with E-state index in [2.05, 4.69) is 5.32 Å². The van der Waals surface area contributed by atoms with Crippen LogP contribution in [0.3, 0.4) is 0 Å². The second kappa shape index (κ2) is 7.55. The number of alkyl halides is 3. The van der Waals surface area contributed by atoms with Gasteiger partial charge in [-0.1, -0.05) is 54.6 Å². The summed E-state index contributed by atoms with van der Waals surface area (Å²) in [7, 11) is 0. The highest BCUT2D eigenvalue weighted by atomic mass is 19.4.